The van der Waals surface area contributed by atoms with Crippen molar-refractivity contribution in [1.82, 2.24) is 9.47 Å². The molecule has 1 aliphatic heterocycles. The first-order valence-electron chi connectivity index (χ1n) is 9.08. The minimum atomic E-state index is -0.102. The normalized spacial score (nSPS) is 17.6. The highest BCUT2D eigenvalue weighted by Gasteiger charge is 2.30. The number of carbonyl (C=O) groups excluding carboxylic acids is 2. The molecule has 1 aromatic heterocycles. The van der Waals surface area contributed by atoms with Crippen LogP contribution in [0.25, 0.3) is 0 Å². The molecule has 4 heteroatoms. The van der Waals surface area contributed by atoms with Gasteiger partial charge in [-0.25, -0.2) is 0 Å². The highest BCUT2D eigenvalue weighted by Crippen LogP contribution is 2.24. The number of carbonyl (C=O) groups is 2. The molecule has 2 aromatic rings. The third-order valence-corrected chi connectivity index (χ3v) is 5.26. The molecule has 0 bridgehead atoms. The molecule has 0 radical (unpaired) electrons. The van der Waals surface area contributed by atoms with Gasteiger partial charge in [0.15, 0.2) is 5.78 Å². The van der Waals surface area contributed by atoms with Crippen LogP contribution in [-0.4, -0.2) is 34.2 Å². The van der Waals surface area contributed by atoms with Crippen LogP contribution in [0.2, 0.25) is 0 Å². The first kappa shape index (κ1) is 17.5. The average Bonchev–Trinajstić information content (AvgIpc) is 2.94. The maximum Gasteiger partial charge on any atom is 0.255 e. The quantitative estimate of drug-likeness (QED) is 0.795. The standard InChI is InChI=1S/C21H26N2O2/c1-4-23-15(2)13-19(16(23)3)21(25)22-12-8-11-18(14-22)20(24)17-9-6-5-7-10-17/h5-7,9-10,13,18H,4,8,11-12,14H2,1-3H3/t18-/m0/s1. The summed E-state index contributed by atoms with van der Waals surface area (Å²) in [5.74, 6) is 0.102. The summed E-state index contributed by atoms with van der Waals surface area (Å²) >= 11 is 0. The van der Waals surface area contributed by atoms with E-state index in [1.165, 1.54) is 0 Å². The van der Waals surface area contributed by atoms with Gasteiger partial charge in [0.05, 0.1) is 5.56 Å². The summed E-state index contributed by atoms with van der Waals surface area (Å²) in [6, 6.07) is 11.4. The summed E-state index contributed by atoms with van der Waals surface area (Å²) < 4.78 is 2.16. The minimum absolute atomic E-state index is 0.0540. The lowest BCUT2D eigenvalue weighted by atomic mass is 9.89. The number of Topliss-reactive ketones (excluding diaryl/α,β-unsaturated/α-hetero) is 1. The van der Waals surface area contributed by atoms with Gasteiger partial charge in [-0.15, -0.1) is 0 Å². The van der Waals surface area contributed by atoms with Crippen LogP contribution in [-0.2, 0) is 6.54 Å². The molecule has 1 amide bonds. The number of ketones is 1. The van der Waals surface area contributed by atoms with Crippen molar-refractivity contribution in [2.75, 3.05) is 13.1 Å². The van der Waals surface area contributed by atoms with Gasteiger partial charge in [-0.1, -0.05) is 30.3 Å². The highest BCUT2D eigenvalue weighted by atomic mass is 16.2. The summed E-state index contributed by atoms with van der Waals surface area (Å²) in [5, 5.41) is 0. The summed E-state index contributed by atoms with van der Waals surface area (Å²) in [6.45, 7) is 8.23. The van der Waals surface area contributed by atoms with Gasteiger partial charge in [0.1, 0.15) is 0 Å². The zero-order chi connectivity index (χ0) is 18.0. The monoisotopic (exact) mass is 338 g/mol. The van der Waals surface area contributed by atoms with Crippen molar-refractivity contribution in [1.29, 1.82) is 0 Å². The fraction of sp³-hybridized carbons (Fsp3) is 0.429. The predicted molar refractivity (Wildman–Crippen MR) is 99.0 cm³/mol. The first-order valence-corrected chi connectivity index (χ1v) is 9.08. The molecular weight excluding hydrogens is 312 g/mol. The van der Waals surface area contributed by atoms with Crippen molar-refractivity contribution in [3.8, 4) is 0 Å². The lowest BCUT2D eigenvalue weighted by Crippen LogP contribution is -2.42. The van der Waals surface area contributed by atoms with E-state index in [1.54, 1.807) is 0 Å². The molecule has 1 aliphatic rings. The number of aromatic nitrogens is 1. The number of amides is 1. The maximum atomic E-state index is 13.0. The summed E-state index contributed by atoms with van der Waals surface area (Å²) in [4.78, 5) is 27.6. The van der Waals surface area contributed by atoms with Crippen LogP contribution in [0.4, 0.5) is 0 Å². The van der Waals surface area contributed by atoms with Crippen molar-refractivity contribution in [2.24, 2.45) is 5.92 Å². The molecule has 0 saturated carbocycles. The lowest BCUT2D eigenvalue weighted by molar-refractivity contribution is 0.0636. The van der Waals surface area contributed by atoms with Gasteiger partial charge in [0.2, 0.25) is 0 Å². The number of hydrogen-bond acceptors (Lipinski definition) is 2. The molecule has 1 saturated heterocycles. The van der Waals surface area contributed by atoms with Gasteiger partial charge < -0.3 is 9.47 Å². The second-order valence-corrected chi connectivity index (χ2v) is 6.85. The van der Waals surface area contributed by atoms with E-state index < -0.39 is 0 Å². The van der Waals surface area contributed by atoms with Crippen molar-refractivity contribution in [3.63, 3.8) is 0 Å². The van der Waals surface area contributed by atoms with Crippen LogP contribution in [0.15, 0.2) is 36.4 Å². The molecule has 3 rings (SSSR count). The number of likely N-dealkylation sites (tertiary alicyclic amines) is 1. The number of rotatable bonds is 4. The van der Waals surface area contributed by atoms with E-state index in [2.05, 4.69) is 11.5 Å². The molecule has 1 aromatic carbocycles. The molecule has 1 atom stereocenters. The van der Waals surface area contributed by atoms with Crippen LogP contribution >= 0.6 is 0 Å². The Morgan fingerprint density at radius 2 is 1.88 bits per heavy atom. The Hall–Kier alpha value is -2.36. The fourth-order valence-electron chi connectivity index (χ4n) is 3.89. The Labute approximate surface area is 149 Å². The number of piperidine rings is 1. The lowest BCUT2D eigenvalue weighted by Gasteiger charge is -2.32. The molecular formula is C21H26N2O2. The van der Waals surface area contributed by atoms with Crippen molar-refractivity contribution < 1.29 is 9.59 Å². The molecule has 0 N–H and O–H groups in total. The SMILES string of the molecule is CCn1c(C)cc(C(=O)N2CCC[C@H](C(=O)c3ccccc3)C2)c1C. The van der Waals surface area contributed by atoms with Crippen molar-refractivity contribution in [2.45, 2.75) is 40.2 Å². The fourth-order valence-corrected chi connectivity index (χ4v) is 3.89. The zero-order valence-electron chi connectivity index (χ0n) is 15.3. The topological polar surface area (TPSA) is 42.3 Å². The van der Waals surface area contributed by atoms with E-state index in [0.717, 1.165) is 48.4 Å². The van der Waals surface area contributed by atoms with E-state index in [0.29, 0.717) is 6.54 Å². The second-order valence-electron chi connectivity index (χ2n) is 6.85. The van der Waals surface area contributed by atoms with E-state index in [-0.39, 0.29) is 17.6 Å². The van der Waals surface area contributed by atoms with Gasteiger partial charge >= 0.3 is 0 Å². The Morgan fingerprint density at radius 3 is 2.52 bits per heavy atom. The number of nitrogens with zero attached hydrogens (tertiary/aromatic N) is 2. The van der Waals surface area contributed by atoms with Gasteiger partial charge in [0.25, 0.3) is 5.91 Å². The van der Waals surface area contributed by atoms with Gasteiger partial charge in [-0.2, -0.15) is 0 Å². The van der Waals surface area contributed by atoms with E-state index >= 15 is 0 Å². The molecule has 132 valence electrons. The smallest absolute Gasteiger partial charge is 0.255 e. The van der Waals surface area contributed by atoms with Crippen molar-refractivity contribution in [3.05, 3.63) is 58.9 Å². The number of hydrogen-bond donors (Lipinski definition) is 0. The largest absolute Gasteiger partial charge is 0.349 e. The highest BCUT2D eigenvalue weighted by molar-refractivity contribution is 5.99. The Kier molecular flexibility index (Phi) is 5.07. The zero-order valence-corrected chi connectivity index (χ0v) is 15.3. The van der Waals surface area contributed by atoms with E-state index in [4.69, 9.17) is 0 Å². The molecule has 4 nitrogen and oxygen atoms in total. The Morgan fingerprint density at radius 1 is 1.16 bits per heavy atom. The summed E-state index contributed by atoms with van der Waals surface area (Å²) in [7, 11) is 0. The van der Waals surface area contributed by atoms with Crippen LogP contribution in [0.1, 0.15) is 51.9 Å². The van der Waals surface area contributed by atoms with E-state index in [9.17, 15) is 9.59 Å². The third kappa shape index (κ3) is 3.39. The Bertz CT molecular complexity index is 777. The second kappa shape index (κ2) is 7.26. The maximum absolute atomic E-state index is 13.0. The predicted octanol–water partition coefficient (Wildman–Crippen LogP) is 3.86. The molecule has 0 unspecified atom stereocenters. The summed E-state index contributed by atoms with van der Waals surface area (Å²) in [6.07, 6.45) is 1.73. The Balaban J connectivity index is 1.77. The number of benzene rings is 1. The molecule has 0 spiro atoms. The molecule has 0 aliphatic carbocycles. The van der Waals surface area contributed by atoms with Crippen LogP contribution < -0.4 is 0 Å². The van der Waals surface area contributed by atoms with Crippen LogP contribution in [0.5, 0.6) is 0 Å². The minimum Gasteiger partial charge on any atom is -0.349 e. The average molecular weight is 338 g/mol. The van der Waals surface area contributed by atoms with Gasteiger partial charge in [-0.05, 0) is 39.7 Å². The van der Waals surface area contributed by atoms with Crippen LogP contribution in [0, 0.1) is 19.8 Å². The van der Waals surface area contributed by atoms with Crippen LogP contribution in [0.3, 0.4) is 0 Å². The molecule has 2 heterocycles. The molecule has 1 fully saturated rings. The van der Waals surface area contributed by atoms with E-state index in [1.807, 2.05) is 55.1 Å². The third-order valence-electron chi connectivity index (χ3n) is 5.26. The number of aryl methyl sites for hydroxylation is 1. The van der Waals surface area contributed by atoms with Gasteiger partial charge in [-0.3, -0.25) is 9.59 Å². The molecule has 25 heavy (non-hydrogen) atoms. The summed E-state index contributed by atoms with van der Waals surface area (Å²) in [5.41, 5.74) is 3.64. The first-order chi connectivity index (χ1) is 12.0. The van der Waals surface area contributed by atoms with Crippen molar-refractivity contribution >= 4 is 11.7 Å². The van der Waals surface area contributed by atoms with Gasteiger partial charge in [0, 0.05) is 42.5 Å².